The van der Waals surface area contributed by atoms with Gasteiger partial charge in [0.1, 0.15) is 0 Å². The molecule has 1 amide bonds. The summed E-state index contributed by atoms with van der Waals surface area (Å²) >= 11 is 0. The molecule has 3 atom stereocenters. The van der Waals surface area contributed by atoms with Crippen molar-refractivity contribution in [1.29, 1.82) is 0 Å². The smallest absolute Gasteiger partial charge is 0.237 e. The normalized spacial score (nSPS) is 18.9. The Kier molecular flexibility index (Phi) is 10.8. The highest BCUT2D eigenvalue weighted by molar-refractivity contribution is 5.82. The number of carbonyl (C=O) groups is 1. The van der Waals surface area contributed by atoms with Gasteiger partial charge in [-0.3, -0.25) is 9.79 Å². The zero-order chi connectivity index (χ0) is 21.8. The second-order valence-electron chi connectivity index (χ2n) is 8.01. The summed E-state index contributed by atoms with van der Waals surface area (Å²) in [4.78, 5) is 16.6. The van der Waals surface area contributed by atoms with Crippen LogP contribution in [0, 0.1) is 0 Å². The van der Waals surface area contributed by atoms with Gasteiger partial charge < -0.3 is 26.2 Å². The van der Waals surface area contributed by atoms with Crippen molar-refractivity contribution in [3.8, 4) is 0 Å². The lowest BCUT2D eigenvalue weighted by atomic mass is 10.0. The Morgan fingerprint density at radius 2 is 2.07 bits per heavy atom. The predicted molar refractivity (Wildman–Crippen MR) is 120 cm³/mol. The Morgan fingerprint density at radius 1 is 1.33 bits per heavy atom. The summed E-state index contributed by atoms with van der Waals surface area (Å²) in [6.45, 7) is 6.63. The van der Waals surface area contributed by atoms with Crippen LogP contribution in [0.25, 0.3) is 0 Å². The van der Waals surface area contributed by atoms with Crippen LogP contribution in [-0.4, -0.2) is 54.7 Å². The maximum Gasteiger partial charge on any atom is 0.237 e. The van der Waals surface area contributed by atoms with E-state index in [2.05, 4.69) is 15.6 Å². The number of aliphatic hydroxyl groups is 1. The average molecular weight is 419 g/mol. The maximum absolute atomic E-state index is 12.4. The molecule has 1 aromatic rings. The molecule has 0 saturated carbocycles. The lowest BCUT2D eigenvalue weighted by Crippen LogP contribution is -2.49. The molecule has 1 saturated heterocycles. The van der Waals surface area contributed by atoms with Crippen LogP contribution in [0.15, 0.2) is 29.3 Å². The minimum Gasteiger partial charge on any atom is -0.391 e. The number of nitrogens with two attached hydrogens (primary N) is 1. The van der Waals surface area contributed by atoms with Crippen LogP contribution >= 0.6 is 0 Å². The van der Waals surface area contributed by atoms with Crippen molar-refractivity contribution in [3.05, 3.63) is 35.4 Å². The quantitative estimate of drug-likeness (QED) is 0.222. The molecular formula is C23H38N4O3. The fraction of sp³-hybridized carbons (Fsp3) is 0.652. The van der Waals surface area contributed by atoms with Crippen molar-refractivity contribution in [2.45, 2.75) is 77.2 Å². The molecule has 0 aromatic heterocycles. The molecule has 1 aromatic carbocycles. The molecule has 1 aliphatic rings. The van der Waals surface area contributed by atoms with Gasteiger partial charge >= 0.3 is 0 Å². The molecule has 7 heteroatoms. The number of unbranched alkanes of at least 4 members (excludes halogenated alkanes) is 1. The van der Waals surface area contributed by atoms with Gasteiger partial charge in [0.25, 0.3) is 0 Å². The van der Waals surface area contributed by atoms with Crippen LogP contribution in [0.4, 0.5) is 0 Å². The Morgan fingerprint density at radius 3 is 2.70 bits per heavy atom. The van der Waals surface area contributed by atoms with Gasteiger partial charge in [-0.05, 0) is 56.7 Å². The molecule has 1 fully saturated rings. The Balaban J connectivity index is 1.71. The Hall–Kier alpha value is -1.96. The van der Waals surface area contributed by atoms with E-state index in [-0.39, 0.29) is 18.0 Å². The van der Waals surface area contributed by atoms with E-state index in [1.54, 1.807) is 6.92 Å². The first-order chi connectivity index (χ1) is 14.5. The van der Waals surface area contributed by atoms with E-state index < -0.39 is 6.10 Å². The first kappa shape index (κ1) is 24.3. The molecule has 0 spiro atoms. The first-order valence-corrected chi connectivity index (χ1v) is 11.2. The van der Waals surface area contributed by atoms with Crippen molar-refractivity contribution < 1.29 is 14.6 Å². The molecule has 5 N–H and O–H groups in total. The zero-order valence-electron chi connectivity index (χ0n) is 18.4. The van der Waals surface area contributed by atoms with E-state index in [0.29, 0.717) is 25.5 Å². The summed E-state index contributed by atoms with van der Waals surface area (Å²) in [7, 11) is 0. The predicted octanol–water partition coefficient (Wildman–Crippen LogP) is 1.91. The van der Waals surface area contributed by atoms with Crippen LogP contribution < -0.4 is 16.4 Å². The van der Waals surface area contributed by atoms with E-state index in [9.17, 15) is 9.90 Å². The van der Waals surface area contributed by atoms with E-state index in [1.807, 2.05) is 31.2 Å². The van der Waals surface area contributed by atoms with Crippen LogP contribution in [-0.2, 0) is 22.6 Å². The minimum absolute atomic E-state index is 0.0218. The van der Waals surface area contributed by atoms with Gasteiger partial charge in [-0.1, -0.05) is 31.2 Å². The SMILES string of the molecule is CCC(N)=NCCCCOCc1ccc(CC(NC(=O)C2CCCN2)C(C)O)cc1. The standard InChI is InChI=1S/C23H38N4O3/c1-3-22(24)26-12-4-5-14-30-16-19-10-8-18(9-11-19)15-21(17(2)28)27-23(29)20-7-6-13-25-20/h8-11,17,20-21,25,28H,3-7,12-16H2,1-2H3,(H2,24,26)(H,27,29). The number of nitrogens with zero attached hydrogens (tertiary/aromatic N) is 1. The Labute approximate surface area is 180 Å². The molecule has 1 heterocycles. The molecular weight excluding hydrogens is 380 g/mol. The van der Waals surface area contributed by atoms with Gasteiger partial charge in [-0.25, -0.2) is 0 Å². The number of nitrogens with one attached hydrogen (secondary N) is 2. The van der Waals surface area contributed by atoms with Crippen molar-refractivity contribution >= 4 is 11.7 Å². The van der Waals surface area contributed by atoms with Crippen molar-refractivity contribution in [2.24, 2.45) is 10.7 Å². The van der Waals surface area contributed by atoms with Crippen LogP contribution in [0.3, 0.4) is 0 Å². The van der Waals surface area contributed by atoms with Gasteiger partial charge in [-0.15, -0.1) is 0 Å². The summed E-state index contributed by atoms with van der Waals surface area (Å²) in [5.74, 6) is 0.690. The number of amidine groups is 1. The summed E-state index contributed by atoms with van der Waals surface area (Å²) in [6, 6.07) is 7.72. The number of rotatable bonds is 13. The van der Waals surface area contributed by atoms with Crippen LogP contribution in [0.5, 0.6) is 0 Å². The number of aliphatic hydroxyl groups excluding tert-OH is 1. The largest absolute Gasteiger partial charge is 0.391 e. The van der Waals surface area contributed by atoms with Gasteiger partial charge in [0.05, 0.1) is 30.6 Å². The fourth-order valence-corrected chi connectivity index (χ4v) is 3.40. The second-order valence-corrected chi connectivity index (χ2v) is 8.01. The van der Waals surface area contributed by atoms with Crippen molar-refractivity contribution in [2.75, 3.05) is 19.7 Å². The third kappa shape index (κ3) is 8.81. The third-order valence-electron chi connectivity index (χ3n) is 5.41. The topological polar surface area (TPSA) is 109 Å². The summed E-state index contributed by atoms with van der Waals surface area (Å²) in [6.07, 6.45) is 4.59. The summed E-state index contributed by atoms with van der Waals surface area (Å²) in [5, 5.41) is 16.3. The highest BCUT2D eigenvalue weighted by Gasteiger charge is 2.26. The first-order valence-electron chi connectivity index (χ1n) is 11.2. The van der Waals surface area contributed by atoms with E-state index >= 15 is 0 Å². The van der Waals surface area contributed by atoms with Gasteiger partial charge in [0.15, 0.2) is 0 Å². The number of ether oxygens (including phenoxy) is 1. The molecule has 30 heavy (non-hydrogen) atoms. The number of carbonyl (C=O) groups excluding carboxylic acids is 1. The molecule has 0 bridgehead atoms. The van der Waals surface area contributed by atoms with Gasteiger partial charge in [0.2, 0.25) is 5.91 Å². The molecule has 168 valence electrons. The van der Waals surface area contributed by atoms with E-state index in [0.717, 1.165) is 56.3 Å². The van der Waals surface area contributed by atoms with E-state index in [1.165, 1.54) is 0 Å². The molecule has 2 rings (SSSR count). The second kappa shape index (κ2) is 13.4. The van der Waals surface area contributed by atoms with E-state index in [4.69, 9.17) is 10.5 Å². The number of benzene rings is 1. The van der Waals surface area contributed by atoms with Gasteiger partial charge in [-0.2, -0.15) is 0 Å². The highest BCUT2D eigenvalue weighted by atomic mass is 16.5. The average Bonchev–Trinajstić information content (AvgIpc) is 3.28. The van der Waals surface area contributed by atoms with Crippen LogP contribution in [0.2, 0.25) is 0 Å². The molecule has 0 aliphatic carbocycles. The number of aliphatic imine (C=N–C) groups is 1. The molecule has 7 nitrogen and oxygen atoms in total. The number of amides is 1. The summed E-state index contributed by atoms with van der Waals surface area (Å²) < 4.78 is 5.74. The molecule has 1 aliphatic heterocycles. The number of hydrogen-bond acceptors (Lipinski definition) is 5. The van der Waals surface area contributed by atoms with Crippen molar-refractivity contribution in [3.63, 3.8) is 0 Å². The third-order valence-corrected chi connectivity index (χ3v) is 5.41. The summed E-state index contributed by atoms with van der Waals surface area (Å²) in [5.41, 5.74) is 7.87. The number of hydrogen-bond donors (Lipinski definition) is 4. The highest BCUT2D eigenvalue weighted by Crippen LogP contribution is 2.12. The fourth-order valence-electron chi connectivity index (χ4n) is 3.40. The van der Waals surface area contributed by atoms with Crippen molar-refractivity contribution in [1.82, 2.24) is 10.6 Å². The molecule has 3 unspecified atom stereocenters. The van der Waals surface area contributed by atoms with Gasteiger partial charge in [0, 0.05) is 19.6 Å². The molecule has 0 radical (unpaired) electrons. The minimum atomic E-state index is -0.615. The lowest BCUT2D eigenvalue weighted by Gasteiger charge is -2.23. The monoisotopic (exact) mass is 418 g/mol. The zero-order valence-corrected chi connectivity index (χ0v) is 18.4. The Bertz CT molecular complexity index is 655. The maximum atomic E-state index is 12.4. The van der Waals surface area contributed by atoms with Crippen LogP contribution in [0.1, 0.15) is 57.1 Å². The lowest BCUT2D eigenvalue weighted by molar-refractivity contribution is -0.124.